The van der Waals surface area contributed by atoms with Crippen molar-refractivity contribution in [3.63, 3.8) is 0 Å². The van der Waals surface area contributed by atoms with Crippen molar-refractivity contribution in [3.05, 3.63) is 35.9 Å². The molecule has 0 saturated heterocycles. The minimum absolute atomic E-state index is 0.0254. The molecule has 1 unspecified atom stereocenters. The second-order valence-corrected chi connectivity index (χ2v) is 3.83. The highest BCUT2D eigenvalue weighted by atomic mass is 16.4. The first-order chi connectivity index (χ1) is 9.02. The number of rotatable bonds is 5. The quantitative estimate of drug-likeness (QED) is 0.808. The highest BCUT2D eigenvalue weighted by Crippen LogP contribution is 2.11. The lowest BCUT2D eigenvalue weighted by Gasteiger charge is -2.25. The van der Waals surface area contributed by atoms with Gasteiger partial charge in [-0.15, -0.1) is 0 Å². The fourth-order valence-electron chi connectivity index (χ4n) is 1.59. The molecular weight excluding hydrogens is 250 g/mol. The number of carbonyl (C=O) groups excluding carboxylic acids is 2. The normalized spacial score (nSPS) is 11.7. The van der Waals surface area contributed by atoms with Crippen molar-refractivity contribution >= 4 is 17.8 Å². The van der Waals surface area contributed by atoms with E-state index in [2.05, 4.69) is 0 Å². The van der Waals surface area contributed by atoms with Gasteiger partial charge in [0, 0.05) is 12.0 Å². The molecule has 0 radical (unpaired) electrons. The molecule has 0 fully saturated rings. The van der Waals surface area contributed by atoms with Gasteiger partial charge in [-0.2, -0.15) is 0 Å². The van der Waals surface area contributed by atoms with E-state index in [1.807, 2.05) is 0 Å². The van der Waals surface area contributed by atoms with Crippen LogP contribution in [0.25, 0.3) is 0 Å². The number of amides is 2. The number of hydrogen-bond acceptors (Lipinski definition) is 4. The van der Waals surface area contributed by atoms with E-state index in [1.165, 1.54) is 19.1 Å². The number of aliphatic hydroxyl groups excluding tert-OH is 1. The van der Waals surface area contributed by atoms with Crippen LogP contribution in [0.4, 0.5) is 0 Å². The summed E-state index contributed by atoms with van der Waals surface area (Å²) in [7, 11) is 0. The van der Waals surface area contributed by atoms with Gasteiger partial charge < -0.3 is 10.2 Å². The van der Waals surface area contributed by atoms with Gasteiger partial charge in [0.25, 0.3) is 5.91 Å². The summed E-state index contributed by atoms with van der Waals surface area (Å²) in [5, 5.41) is 18.1. The predicted octanol–water partition coefficient (Wildman–Crippen LogP) is 0.511. The zero-order valence-corrected chi connectivity index (χ0v) is 10.4. The Bertz CT molecular complexity index is 471. The first kappa shape index (κ1) is 14.8. The Hall–Kier alpha value is -2.21. The van der Waals surface area contributed by atoms with Gasteiger partial charge >= 0.3 is 5.97 Å². The fourth-order valence-corrected chi connectivity index (χ4v) is 1.59. The van der Waals surface area contributed by atoms with E-state index in [0.717, 1.165) is 0 Å². The van der Waals surface area contributed by atoms with E-state index in [1.54, 1.807) is 18.2 Å². The number of carboxylic acid groups (broad SMARTS) is 1. The summed E-state index contributed by atoms with van der Waals surface area (Å²) < 4.78 is 0. The highest BCUT2D eigenvalue weighted by molar-refractivity contribution is 6.07. The van der Waals surface area contributed by atoms with Crippen LogP contribution in [0.1, 0.15) is 23.7 Å². The summed E-state index contributed by atoms with van der Waals surface area (Å²) in [6.07, 6.45) is -0.0254. The molecule has 6 heteroatoms. The van der Waals surface area contributed by atoms with Crippen LogP contribution in [0.3, 0.4) is 0 Å². The van der Waals surface area contributed by atoms with Gasteiger partial charge in [-0.05, 0) is 12.1 Å². The van der Waals surface area contributed by atoms with Crippen molar-refractivity contribution in [3.8, 4) is 0 Å². The van der Waals surface area contributed by atoms with Gasteiger partial charge in [0.05, 0.1) is 6.61 Å². The van der Waals surface area contributed by atoms with Crippen molar-refractivity contribution < 1.29 is 24.6 Å². The van der Waals surface area contributed by atoms with Crippen LogP contribution in [-0.2, 0) is 9.59 Å². The van der Waals surface area contributed by atoms with Crippen molar-refractivity contribution in [1.82, 2.24) is 4.90 Å². The molecule has 102 valence electrons. The Balaban J connectivity index is 3.14. The number of aliphatic hydroxyl groups is 1. The topological polar surface area (TPSA) is 94.9 Å². The number of hydrogen-bond donors (Lipinski definition) is 2. The second kappa shape index (κ2) is 6.65. The fraction of sp³-hybridized carbons (Fsp3) is 0.308. The summed E-state index contributed by atoms with van der Waals surface area (Å²) in [5.74, 6) is -2.79. The predicted molar refractivity (Wildman–Crippen MR) is 66.4 cm³/mol. The van der Waals surface area contributed by atoms with Crippen LogP contribution in [0.2, 0.25) is 0 Å². The molecule has 2 N–H and O–H groups in total. The Morgan fingerprint density at radius 2 is 1.79 bits per heavy atom. The summed E-state index contributed by atoms with van der Waals surface area (Å²) in [6.45, 7) is 0.698. The lowest BCUT2D eigenvalue weighted by atomic mass is 10.1. The number of benzene rings is 1. The van der Waals surface area contributed by atoms with Gasteiger partial charge in [0.1, 0.15) is 0 Å². The maximum absolute atomic E-state index is 12.2. The first-order valence-electron chi connectivity index (χ1n) is 5.78. The molecule has 0 bridgehead atoms. The Labute approximate surface area is 110 Å². The first-order valence-corrected chi connectivity index (χ1v) is 5.78. The molecule has 19 heavy (non-hydrogen) atoms. The van der Waals surface area contributed by atoms with E-state index in [0.29, 0.717) is 4.90 Å². The molecule has 0 aliphatic rings. The van der Waals surface area contributed by atoms with Crippen LogP contribution >= 0.6 is 0 Å². The van der Waals surface area contributed by atoms with Gasteiger partial charge in [-0.3, -0.25) is 14.5 Å². The van der Waals surface area contributed by atoms with Crippen molar-refractivity contribution in [2.24, 2.45) is 0 Å². The van der Waals surface area contributed by atoms with E-state index < -0.39 is 30.4 Å². The third kappa shape index (κ3) is 3.38. The molecule has 0 heterocycles. The average molecular weight is 265 g/mol. The largest absolute Gasteiger partial charge is 0.480 e. The molecule has 1 rings (SSSR count). The zero-order valence-electron chi connectivity index (χ0n) is 10.4. The monoisotopic (exact) mass is 265 g/mol. The minimum atomic E-state index is -1.57. The number of nitrogens with zero attached hydrogens (tertiary/aromatic N) is 1. The van der Waals surface area contributed by atoms with Crippen molar-refractivity contribution in [2.75, 3.05) is 6.61 Å². The number of aliphatic carboxylic acids is 1. The molecule has 2 amide bonds. The molecule has 0 aliphatic carbocycles. The summed E-state index contributed by atoms with van der Waals surface area (Å²) in [5.41, 5.74) is 0.198. The smallest absolute Gasteiger partial charge is 0.329 e. The summed E-state index contributed by atoms with van der Waals surface area (Å²) in [6, 6.07) is 6.31. The Morgan fingerprint density at radius 3 is 2.21 bits per heavy atom. The second-order valence-electron chi connectivity index (χ2n) is 3.83. The van der Waals surface area contributed by atoms with Crippen molar-refractivity contribution in [1.29, 1.82) is 0 Å². The van der Waals surface area contributed by atoms with Crippen LogP contribution in [0, 0.1) is 0 Å². The molecule has 6 nitrogen and oxygen atoms in total. The van der Waals surface area contributed by atoms with Crippen molar-refractivity contribution in [2.45, 2.75) is 19.4 Å². The molecule has 1 aromatic carbocycles. The minimum Gasteiger partial charge on any atom is -0.480 e. The molecule has 0 spiro atoms. The van der Waals surface area contributed by atoms with Crippen LogP contribution < -0.4 is 0 Å². The molecule has 0 saturated carbocycles. The van der Waals surface area contributed by atoms with Crippen LogP contribution in [-0.4, -0.2) is 45.5 Å². The third-order valence-electron chi connectivity index (χ3n) is 2.58. The van der Waals surface area contributed by atoms with E-state index >= 15 is 0 Å². The van der Waals surface area contributed by atoms with Gasteiger partial charge in [0.2, 0.25) is 5.91 Å². The van der Waals surface area contributed by atoms with Crippen LogP contribution in [0.15, 0.2) is 30.3 Å². The van der Waals surface area contributed by atoms with Gasteiger partial charge in [0.15, 0.2) is 6.04 Å². The van der Waals surface area contributed by atoms with Gasteiger partial charge in [-0.25, -0.2) is 4.79 Å². The molecular formula is C13H15NO5. The standard InChI is InChI=1S/C13H15NO5/c1-2-11(16)14(10(8-15)13(18)19)12(17)9-6-4-3-5-7-9/h3-7,10,15H,2,8H2,1H3,(H,18,19). The lowest BCUT2D eigenvalue weighted by molar-refractivity contribution is -0.149. The summed E-state index contributed by atoms with van der Waals surface area (Å²) in [4.78, 5) is 35.6. The molecule has 1 atom stereocenters. The number of carbonyl (C=O) groups is 3. The van der Waals surface area contributed by atoms with E-state index in [4.69, 9.17) is 10.2 Å². The van der Waals surface area contributed by atoms with Crippen LogP contribution in [0.5, 0.6) is 0 Å². The van der Waals surface area contributed by atoms with E-state index in [9.17, 15) is 14.4 Å². The third-order valence-corrected chi connectivity index (χ3v) is 2.58. The molecule has 1 aromatic rings. The average Bonchev–Trinajstić information content (AvgIpc) is 2.43. The summed E-state index contributed by atoms with van der Waals surface area (Å²) >= 11 is 0. The highest BCUT2D eigenvalue weighted by Gasteiger charge is 2.33. The molecule has 0 aromatic heterocycles. The van der Waals surface area contributed by atoms with E-state index in [-0.39, 0.29) is 12.0 Å². The SMILES string of the molecule is CCC(=O)N(C(=O)c1ccccc1)C(CO)C(=O)O. The Kier molecular flexibility index (Phi) is 5.20. The van der Waals surface area contributed by atoms with Gasteiger partial charge in [-0.1, -0.05) is 25.1 Å². The molecule has 0 aliphatic heterocycles. The maximum Gasteiger partial charge on any atom is 0.329 e. The maximum atomic E-state index is 12.2. The number of imide groups is 1. The zero-order chi connectivity index (χ0) is 14.4. The lowest BCUT2D eigenvalue weighted by Crippen LogP contribution is -2.50. The number of carboxylic acids is 1. The Morgan fingerprint density at radius 1 is 1.21 bits per heavy atom.